The van der Waals surface area contributed by atoms with Crippen LogP contribution in [0.2, 0.25) is 0 Å². The molecule has 1 saturated carbocycles. The summed E-state index contributed by atoms with van der Waals surface area (Å²) in [6.07, 6.45) is 9.47. The molecule has 0 radical (unpaired) electrons. The average molecular weight is 535 g/mol. The normalized spacial score (nSPS) is 26.5. The minimum Gasteiger partial charge on any atom is -0.479 e. The standard InChI is InChI=1S/C35H38N2O3/c1-23-20-28(33(38)36-32(34(39)40)26-9-4-3-5-10-26)13-15-30(23)27-12-14-29(21-27)37-19-18-35(24(2)22-37)17-16-25-8-6-7-11-31(25)35/h3-11,13,15-17,20,24,27,29,32H,12,14,18-19,21-22H2,1-2H3,(H,36,38)(H,39,40)/t24-,27?,29?,32-,35?/m0/s1. The number of allylic oxidation sites excluding steroid dienone is 1. The van der Waals surface area contributed by atoms with E-state index >= 15 is 0 Å². The highest BCUT2D eigenvalue weighted by atomic mass is 16.4. The number of piperidine rings is 1. The lowest BCUT2D eigenvalue weighted by Gasteiger charge is -2.46. The van der Waals surface area contributed by atoms with E-state index in [0.29, 0.717) is 29.0 Å². The van der Waals surface area contributed by atoms with E-state index in [9.17, 15) is 14.7 Å². The quantitative estimate of drug-likeness (QED) is 0.379. The monoisotopic (exact) mass is 534 g/mol. The molecule has 1 amide bonds. The molecule has 1 spiro atoms. The SMILES string of the molecule is Cc1cc(C(=O)N[C@H](C(=O)O)c2ccccc2)ccc1C1CCC(N2CCC3(C=Cc4ccccc43)[C@@H](C)C2)C1. The highest BCUT2D eigenvalue weighted by Crippen LogP contribution is 2.48. The smallest absolute Gasteiger partial charge is 0.330 e. The van der Waals surface area contributed by atoms with Gasteiger partial charge >= 0.3 is 5.97 Å². The maximum atomic E-state index is 13.0. The fourth-order valence-corrected chi connectivity index (χ4v) is 7.55. The van der Waals surface area contributed by atoms with Gasteiger partial charge in [0.15, 0.2) is 6.04 Å². The predicted octanol–water partition coefficient (Wildman–Crippen LogP) is 6.49. The van der Waals surface area contributed by atoms with Crippen LogP contribution in [0.4, 0.5) is 0 Å². The highest BCUT2D eigenvalue weighted by molar-refractivity contribution is 5.97. The summed E-state index contributed by atoms with van der Waals surface area (Å²) in [7, 11) is 0. The summed E-state index contributed by atoms with van der Waals surface area (Å²) < 4.78 is 0. The molecule has 5 heteroatoms. The number of carboxylic acids is 1. The van der Waals surface area contributed by atoms with Crippen LogP contribution in [0.25, 0.3) is 6.08 Å². The van der Waals surface area contributed by atoms with Gasteiger partial charge in [0, 0.05) is 23.6 Å². The van der Waals surface area contributed by atoms with Crippen LogP contribution in [0, 0.1) is 12.8 Å². The summed E-state index contributed by atoms with van der Waals surface area (Å²) in [5.74, 6) is -0.383. The van der Waals surface area contributed by atoms with Crippen molar-refractivity contribution in [1.29, 1.82) is 0 Å². The molecule has 3 aromatic rings. The zero-order valence-electron chi connectivity index (χ0n) is 23.3. The van der Waals surface area contributed by atoms with Crippen molar-refractivity contribution in [3.63, 3.8) is 0 Å². The van der Waals surface area contributed by atoms with E-state index in [4.69, 9.17) is 0 Å². The van der Waals surface area contributed by atoms with E-state index in [1.165, 1.54) is 29.5 Å². The van der Waals surface area contributed by atoms with Crippen LogP contribution in [0.5, 0.6) is 0 Å². The van der Waals surface area contributed by atoms with Crippen LogP contribution < -0.4 is 5.32 Å². The molecular weight excluding hydrogens is 496 g/mol. The molecule has 206 valence electrons. The average Bonchev–Trinajstić information content (AvgIpc) is 3.60. The lowest BCUT2D eigenvalue weighted by molar-refractivity contribution is -0.139. The summed E-state index contributed by atoms with van der Waals surface area (Å²) in [6, 6.07) is 23.1. The summed E-state index contributed by atoms with van der Waals surface area (Å²) in [5.41, 5.74) is 6.53. The van der Waals surface area contributed by atoms with Gasteiger partial charge in [-0.15, -0.1) is 0 Å². The molecule has 3 unspecified atom stereocenters. The largest absolute Gasteiger partial charge is 0.479 e. The minimum absolute atomic E-state index is 0.179. The van der Waals surface area contributed by atoms with E-state index in [1.807, 2.05) is 18.2 Å². The number of amides is 1. The Hall–Kier alpha value is -3.70. The molecule has 3 aromatic carbocycles. The van der Waals surface area contributed by atoms with Gasteiger partial charge in [-0.2, -0.15) is 0 Å². The van der Waals surface area contributed by atoms with Gasteiger partial charge < -0.3 is 15.3 Å². The number of benzene rings is 3. The van der Waals surface area contributed by atoms with Gasteiger partial charge in [0.1, 0.15) is 0 Å². The van der Waals surface area contributed by atoms with Gasteiger partial charge in [-0.1, -0.05) is 79.7 Å². The number of hydrogen-bond acceptors (Lipinski definition) is 3. The van der Waals surface area contributed by atoms with Crippen LogP contribution in [0.3, 0.4) is 0 Å². The van der Waals surface area contributed by atoms with Crippen molar-refractivity contribution in [3.8, 4) is 0 Å². The molecule has 2 N–H and O–H groups in total. The van der Waals surface area contributed by atoms with E-state index in [0.717, 1.165) is 31.5 Å². The summed E-state index contributed by atoms with van der Waals surface area (Å²) in [4.78, 5) is 27.6. The summed E-state index contributed by atoms with van der Waals surface area (Å²) in [6.45, 7) is 6.75. The number of carboxylic acid groups (broad SMARTS) is 1. The number of nitrogens with zero attached hydrogens (tertiary/aromatic N) is 1. The van der Waals surface area contributed by atoms with Gasteiger partial charge in [-0.05, 0) is 90.9 Å². The van der Waals surface area contributed by atoms with Crippen molar-refractivity contribution in [2.75, 3.05) is 13.1 Å². The Morgan fingerprint density at radius 3 is 2.55 bits per heavy atom. The number of carbonyl (C=O) groups excluding carboxylic acids is 1. The van der Waals surface area contributed by atoms with Crippen LogP contribution in [0.1, 0.15) is 82.7 Å². The minimum atomic E-state index is -1.08. The van der Waals surface area contributed by atoms with Gasteiger partial charge in [0.2, 0.25) is 0 Å². The Kier molecular flexibility index (Phi) is 7.09. The molecule has 2 aliphatic carbocycles. The number of nitrogens with one attached hydrogen (secondary N) is 1. The zero-order chi connectivity index (χ0) is 27.9. The first-order valence-electron chi connectivity index (χ1n) is 14.6. The number of rotatable bonds is 6. The maximum absolute atomic E-state index is 13.0. The van der Waals surface area contributed by atoms with Gasteiger partial charge in [0.25, 0.3) is 5.91 Å². The third-order valence-corrected chi connectivity index (χ3v) is 9.77. The van der Waals surface area contributed by atoms with E-state index < -0.39 is 12.0 Å². The molecule has 0 aromatic heterocycles. The number of likely N-dealkylation sites (tertiary alicyclic amines) is 1. The first-order chi connectivity index (χ1) is 19.4. The molecule has 40 heavy (non-hydrogen) atoms. The Morgan fingerprint density at radius 2 is 1.80 bits per heavy atom. The third kappa shape index (κ3) is 4.77. The number of aliphatic carboxylic acids is 1. The second-order valence-electron chi connectivity index (χ2n) is 12.0. The number of aryl methyl sites for hydroxylation is 1. The maximum Gasteiger partial charge on any atom is 0.330 e. The number of hydrogen-bond donors (Lipinski definition) is 2. The van der Waals surface area contributed by atoms with Crippen molar-refractivity contribution >= 4 is 18.0 Å². The summed E-state index contributed by atoms with van der Waals surface area (Å²) >= 11 is 0. The van der Waals surface area contributed by atoms with Crippen LogP contribution >= 0.6 is 0 Å². The molecule has 0 bridgehead atoms. The molecule has 1 heterocycles. The van der Waals surface area contributed by atoms with Crippen molar-refractivity contribution in [3.05, 3.63) is 112 Å². The van der Waals surface area contributed by atoms with Gasteiger partial charge in [-0.25, -0.2) is 4.79 Å². The Morgan fingerprint density at radius 1 is 1.02 bits per heavy atom. The first kappa shape index (κ1) is 26.5. The van der Waals surface area contributed by atoms with E-state index in [-0.39, 0.29) is 11.3 Å². The lowest BCUT2D eigenvalue weighted by Crippen LogP contribution is -2.50. The Labute approximate surface area is 236 Å². The van der Waals surface area contributed by atoms with Crippen molar-refractivity contribution in [1.82, 2.24) is 10.2 Å². The van der Waals surface area contributed by atoms with Crippen molar-refractivity contribution in [2.24, 2.45) is 5.92 Å². The Bertz CT molecular complexity index is 1450. The van der Waals surface area contributed by atoms with Crippen LogP contribution in [-0.2, 0) is 10.2 Å². The first-order valence-corrected chi connectivity index (χ1v) is 14.6. The molecule has 6 rings (SSSR count). The topological polar surface area (TPSA) is 69.6 Å². The fourth-order valence-electron chi connectivity index (χ4n) is 7.55. The molecule has 5 atom stereocenters. The van der Waals surface area contributed by atoms with Crippen molar-refractivity contribution in [2.45, 2.75) is 62.9 Å². The zero-order valence-corrected chi connectivity index (χ0v) is 23.3. The molecule has 1 aliphatic heterocycles. The molecular formula is C35H38N2O3. The lowest BCUT2D eigenvalue weighted by atomic mass is 9.68. The van der Waals surface area contributed by atoms with E-state index in [2.05, 4.69) is 66.5 Å². The van der Waals surface area contributed by atoms with Crippen LogP contribution in [0.15, 0.2) is 78.9 Å². The van der Waals surface area contributed by atoms with E-state index in [1.54, 1.807) is 24.3 Å². The second-order valence-corrected chi connectivity index (χ2v) is 12.0. The second kappa shape index (κ2) is 10.7. The molecule has 2 fully saturated rings. The predicted molar refractivity (Wildman–Crippen MR) is 158 cm³/mol. The van der Waals surface area contributed by atoms with Crippen LogP contribution in [-0.4, -0.2) is 41.0 Å². The van der Waals surface area contributed by atoms with Crippen molar-refractivity contribution < 1.29 is 14.7 Å². The Balaban J connectivity index is 1.10. The highest BCUT2D eigenvalue weighted by Gasteiger charge is 2.45. The molecule has 5 nitrogen and oxygen atoms in total. The van der Waals surface area contributed by atoms with Gasteiger partial charge in [0.05, 0.1) is 0 Å². The third-order valence-electron chi connectivity index (χ3n) is 9.77. The summed E-state index contributed by atoms with van der Waals surface area (Å²) in [5, 5.41) is 12.4. The molecule has 1 saturated heterocycles. The number of carbonyl (C=O) groups is 2. The van der Waals surface area contributed by atoms with Gasteiger partial charge in [-0.3, -0.25) is 4.79 Å². The fraction of sp³-hybridized carbons (Fsp3) is 0.371. The molecule has 3 aliphatic rings. The number of fused-ring (bicyclic) bond motifs is 2.